The predicted molar refractivity (Wildman–Crippen MR) is 53.6 cm³/mol. The summed E-state index contributed by atoms with van der Waals surface area (Å²) in [4.78, 5) is 11.3. The molecule has 1 N–H and O–H groups in total. The van der Waals surface area contributed by atoms with Crippen molar-refractivity contribution < 1.29 is 14.3 Å². The van der Waals surface area contributed by atoms with Crippen LogP contribution in [-0.2, 0) is 16.1 Å². The van der Waals surface area contributed by atoms with Gasteiger partial charge in [0.1, 0.15) is 6.04 Å². The number of hydrogen-bond donors (Lipinski definition) is 1. The quantitative estimate of drug-likeness (QED) is 0.677. The lowest BCUT2D eigenvalue weighted by atomic mass is 10.3. The number of nitrogens with one attached hydrogen (secondary N) is 1. The molecule has 15 heavy (non-hydrogen) atoms. The van der Waals surface area contributed by atoms with E-state index in [1.54, 1.807) is 31.2 Å². The second-order valence-electron chi connectivity index (χ2n) is 2.97. The number of likely N-dealkylation sites (N-methyl/N-ethyl adjacent to an activating group) is 1. The molecule has 1 aromatic rings. The summed E-state index contributed by atoms with van der Waals surface area (Å²) in [5, 5.41) is 6.89. The molecular weight excluding hydrogens is 198 g/mol. The molecule has 0 spiro atoms. The number of nitrogens with zero attached hydrogens (tertiary/aromatic N) is 2. The van der Waals surface area contributed by atoms with Crippen molar-refractivity contribution in [2.24, 2.45) is 0 Å². The van der Waals surface area contributed by atoms with Crippen LogP contribution in [0.4, 0.5) is 0 Å². The molecule has 0 radical (unpaired) electrons. The molecule has 1 atom stereocenters. The predicted octanol–water partition coefficient (Wildman–Crippen LogP) is -0.347. The molecule has 0 aromatic carbocycles. The van der Waals surface area contributed by atoms with Crippen LogP contribution >= 0.6 is 0 Å². The van der Waals surface area contributed by atoms with Gasteiger partial charge in [0.25, 0.3) is 0 Å². The van der Waals surface area contributed by atoms with E-state index < -0.39 is 6.04 Å². The van der Waals surface area contributed by atoms with E-state index in [-0.39, 0.29) is 5.97 Å². The van der Waals surface area contributed by atoms with E-state index >= 15 is 0 Å². The average molecular weight is 213 g/mol. The van der Waals surface area contributed by atoms with Crippen molar-refractivity contribution in [3.8, 4) is 5.75 Å². The zero-order valence-electron chi connectivity index (χ0n) is 9.06. The zero-order chi connectivity index (χ0) is 11.3. The average Bonchev–Trinajstić information content (AvgIpc) is 2.72. The Morgan fingerprint density at radius 1 is 1.67 bits per heavy atom. The molecule has 1 rings (SSSR count). The molecule has 0 saturated heterocycles. The maximum atomic E-state index is 11.3. The smallest absolute Gasteiger partial charge is 0.324 e. The summed E-state index contributed by atoms with van der Waals surface area (Å²) < 4.78 is 11.2. The first kappa shape index (κ1) is 11.5. The zero-order valence-corrected chi connectivity index (χ0v) is 9.06. The number of methoxy groups -OCH3 is 2. The van der Waals surface area contributed by atoms with Gasteiger partial charge in [-0.05, 0) is 7.05 Å². The monoisotopic (exact) mass is 213 g/mol. The van der Waals surface area contributed by atoms with Gasteiger partial charge in [0, 0.05) is 0 Å². The van der Waals surface area contributed by atoms with E-state index in [0.29, 0.717) is 12.3 Å². The molecule has 0 aliphatic heterocycles. The van der Waals surface area contributed by atoms with Crippen LogP contribution in [0.5, 0.6) is 5.75 Å². The number of hydrogen-bond acceptors (Lipinski definition) is 5. The van der Waals surface area contributed by atoms with Crippen molar-refractivity contribution in [2.45, 2.75) is 12.6 Å². The summed E-state index contributed by atoms with van der Waals surface area (Å²) in [5.41, 5.74) is 0. The van der Waals surface area contributed by atoms with Crippen LogP contribution in [0.25, 0.3) is 0 Å². The van der Waals surface area contributed by atoms with Gasteiger partial charge in [-0.15, -0.1) is 0 Å². The largest absolute Gasteiger partial charge is 0.493 e. The minimum Gasteiger partial charge on any atom is -0.493 e. The van der Waals surface area contributed by atoms with Crippen molar-refractivity contribution in [3.63, 3.8) is 0 Å². The van der Waals surface area contributed by atoms with Crippen LogP contribution in [0, 0.1) is 0 Å². The highest BCUT2D eigenvalue weighted by Crippen LogP contribution is 2.07. The number of carbonyl (C=O) groups excluding carboxylic acids is 1. The molecule has 6 heteroatoms. The Morgan fingerprint density at radius 3 is 2.87 bits per heavy atom. The van der Waals surface area contributed by atoms with Gasteiger partial charge < -0.3 is 14.8 Å². The number of ether oxygens (including phenoxy) is 2. The standard InChI is InChI=1S/C9H15N3O3/c1-10-8(9(13)15-3)6-12-5-7(14-2)4-11-12/h4-5,8,10H,6H2,1-3H3. The Balaban J connectivity index is 2.62. The molecule has 0 amide bonds. The topological polar surface area (TPSA) is 65.4 Å². The maximum absolute atomic E-state index is 11.3. The van der Waals surface area contributed by atoms with E-state index in [4.69, 9.17) is 4.74 Å². The summed E-state index contributed by atoms with van der Waals surface area (Å²) in [6.45, 7) is 0.409. The minimum absolute atomic E-state index is 0.313. The lowest BCUT2D eigenvalue weighted by Crippen LogP contribution is -2.38. The van der Waals surface area contributed by atoms with Gasteiger partial charge >= 0.3 is 5.97 Å². The van der Waals surface area contributed by atoms with Crippen molar-refractivity contribution in [2.75, 3.05) is 21.3 Å². The van der Waals surface area contributed by atoms with E-state index in [1.807, 2.05) is 0 Å². The highest BCUT2D eigenvalue weighted by atomic mass is 16.5. The third kappa shape index (κ3) is 2.95. The highest BCUT2D eigenvalue weighted by Gasteiger charge is 2.17. The Morgan fingerprint density at radius 2 is 2.40 bits per heavy atom. The molecule has 0 aliphatic carbocycles. The summed E-state index contributed by atoms with van der Waals surface area (Å²) in [6, 6.07) is -0.403. The first-order chi connectivity index (χ1) is 7.21. The lowest BCUT2D eigenvalue weighted by Gasteiger charge is -2.12. The van der Waals surface area contributed by atoms with Gasteiger partial charge in [0.15, 0.2) is 5.75 Å². The van der Waals surface area contributed by atoms with Gasteiger partial charge in [-0.1, -0.05) is 0 Å². The molecule has 1 heterocycles. The minimum atomic E-state index is -0.403. The van der Waals surface area contributed by atoms with Crippen LogP contribution in [0.3, 0.4) is 0 Å². The van der Waals surface area contributed by atoms with Crippen LogP contribution in [0.2, 0.25) is 0 Å². The van der Waals surface area contributed by atoms with Crippen LogP contribution in [0.1, 0.15) is 0 Å². The Labute approximate surface area is 88.2 Å². The van der Waals surface area contributed by atoms with Crippen molar-refractivity contribution in [3.05, 3.63) is 12.4 Å². The molecule has 84 valence electrons. The molecule has 0 bridgehead atoms. The molecule has 6 nitrogen and oxygen atoms in total. The lowest BCUT2D eigenvalue weighted by molar-refractivity contribution is -0.143. The van der Waals surface area contributed by atoms with E-state index in [0.717, 1.165) is 0 Å². The normalized spacial score (nSPS) is 12.2. The first-order valence-electron chi connectivity index (χ1n) is 4.52. The molecule has 0 saturated carbocycles. The third-order valence-electron chi connectivity index (χ3n) is 2.05. The Hall–Kier alpha value is -1.56. The van der Waals surface area contributed by atoms with Gasteiger partial charge in [-0.25, -0.2) is 0 Å². The molecular formula is C9H15N3O3. The SMILES string of the molecule is CNC(Cn1cc(OC)cn1)C(=O)OC. The summed E-state index contributed by atoms with van der Waals surface area (Å²) in [6.07, 6.45) is 3.30. The van der Waals surface area contributed by atoms with E-state index in [2.05, 4.69) is 15.2 Å². The molecule has 1 unspecified atom stereocenters. The fraction of sp³-hybridized carbons (Fsp3) is 0.556. The molecule has 0 fully saturated rings. The number of rotatable bonds is 5. The van der Waals surface area contributed by atoms with Crippen molar-refractivity contribution >= 4 is 5.97 Å². The van der Waals surface area contributed by atoms with Gasteiger partial charge in [0.2, 0.25) is 0 Å². The Kier molecular flexibility index (Phi) is 4.11. The fourth-order valence-electron chi connectivity index (χ4n) is 1.16. The third-order valence-corrected chi connectivity index (χ3v) is 2.05. The van der Waals surface area contributed by atoms with Crippen molar-refractivity contribution in [1.82, 2.24) is 15.1 Å². The Bertz CT molecular complexity index is 324. The second-order valence-corrected chi connectivity index (χ2v) is 2.97. The second kappa shape index (κ2) is 5.35. The number of esters is 1. The van der Waals surface area contributed by atoms with Gasteiger partial charge in [-0.3, -0.25) is 9.48 Å². The molecule has 0 aliphatic rings. The van der Waals surface area contributed by atoms with Crippen LogP contribution < -0.4 is 10.1 Å². The van der Waals surface area contributed by atoms with Crippen molar-refractivity contribution in [1.29, 1.82) is 0 Å². The summed E-state index contributed by atoms with van der Waals surface area (Å²) in [5.74, 6) is 0.349. The fourth-order valence-corrected chi connectivity index (χ4v) is 1.16. The van der Waals surface area contributed by atoms with Gasteiger partial charge in [0.05, 0.1) is 33.2 Å². The number of carbonyl (C=O) groups is 1. The van der Waals surface area contributed by atoms with Gasteiger partial charge in [-0.2, -0.15) is 5.10 Å². The summed E-state index contributed by atoms with van der Waals surface area (Å²) >= 11 is 0. The maximum Gasteiger partial charge on any atom is 0.324 e. The number of aromatic nitrogens is 2. The van der Waals surface area contributed by atoms with Crippen LogP contribution in [0.15, 0.2) is 12.4 Å². The molecule has 1 aromatic heterocycles. The summed E-state index contributed by atoms with van der Waals surface area (Å²) in [7, 11) is 4.62. The first-order valence-corrected chi connectivity index (χ1v) is 4.52. The highest BCUT2D eigenvalue weighted by molar-refractivity contribution is 5.75. The van der Waals surface area contributed by atoms with E-state index in [1.165, 1.54) is 7.11 Å². The van der Waals surface area contributed by atoms with Crippen LogP contribution in [-0.4, -0.2) is 43.1 Å². The van der Waals surface area contributed by atoms with E-state index in [9.17, 15) is 4.79 Å².